The van der Waals surface area contributed by atoms with Gasteiger partial charge < -0.3 is 15.4 Å². The van der Waals surface area contributed by atoms with Crippen molar-refractivity contribution in [3.05, 3.63) is 77.1 Å². The van der Waals surface area contributed by atoms with Gasteiger partial charge in [-0.1, -0.05) is 41.9 Å². The van der Waals surface area contributed by atoms with E-state index in [1.165, 1.54) is 11.8 Å². The van der Waals surface area contributed by atoms with Gasteiger partial charge in [-0.3, -0.25) is 4.79 Å². The zero-order chi connectivity index (χ0) is 19.8. The molecule has 2 N–H and O–H groups in total. The van der Waals surface area contributed by atoms with Gasteiger partial charge in [0.1, 0.15) is 11.4 Å². The number of methoxy groups -OCH3 is 1. The summed E-state index contributed by atoms with van der Waals surface area (Å²) in [5, 5.41) is 6.48. The number of nitrogens with one attached hydrogen (secondary N) is 2. The maximum atomic E-state index is 12.4. The second-order valence-corrected chi connectivity index (χ2v) is 6.52. The van der Waals surface area contributed by atoms with Crippen molar-refractivity contribution >= 4 is 29.1 Å². The topological polar surface area (TPSA) is 76.1 Å². The summed E-state index contributed by atoms with van der Waals surface area (Å²) in [7, 11) is 1.56. The average molecular weight is 397 g/mol. The highest BCUT2D eigenvalue weighted by Gasteiger charge is 2.10. The lowest BCUT2D eigenvalue weighted by atomic mass is 10.1. The number of aryl methyl sites for hydroxylation is 1. The van der Waals surface area contributed by atoms with Gasteiger partial charge in [-0.15, -0.1) is 0 Å². The quantitative estimate of drug-likeness (QED) is 0.557. The Morgan fingerprint density at radius 3 is 2.75 bits per heavy atom. The number of hydrogen-bond acceptors (Lipinski definition) is 5. The molecule has 3 aromatic rings. The second kappa shape index (κ2) is 9.71. The zero-order valence-electron chi connectivity index (χ0n) is 15.5. The van der Waals surface area contributed by atoms with E-state index in [-0.39, 0.29) is 11.9 Å². The molecule has 1 aromatic heterocycles. The number of amides is 1. The number of benzene rings is 2. The van der Waals surface area contributed by atoms with Crippen LogP contribution in [-0.2, 0) is 6.42 Å². The van der Waals surface area contributed by atoms with E-state index in [1.54, 1.807) is 31.4 Å². The third-order valence-electron chi connectivity index (χ3n) is 4.07. The number of nitrogens with zero attached hydrogens (tertiary/aromatic N) is 2. The van der Waals surface area contributed by atoms with E-state index in [1.807, 2.05) is 18.2 Å². The summed E-state index contributed by atoms with van der Waals surface area (Å²) >= 11 is 6.04. The molecule has 0 aliphatic heterocycles. The minimum Gasteiger partial charge on any atom is -0.495 e. The van der Waals surface area contributed by atoms with E-state index in [0.717, 1.165) is 12.8 Å². The Kier molecular flexibility index (Phi) is 6.81. The number of carbonyl (C=O) groups is 1. The van der Waals surface area contributed by atoms with Crippen molar-refractivity contribution in [2.45, 2.75) is 12.8 Å². The van der Waals surface area contributed by atoms with Crippen LogP contribution in [0.3, 0.4) is 0 Å². The van der Waals surface area contributed by atoms with Gasteiger partial charge in [0, 0.05) is 17.8 Å². The molecule has 0 atom stereocenters. The molecule has 7 heteroatoms. The molecule has 0 spiro atoms. The fraction of sp³-hybridized carbons (Fsp3) is 0.190. The van der Waals surface area contributed by atoms with Crippen molar-refractivity contribution in [2.75, 3.05) is 19.0 Å². The molecule has 0 saturated heterocycles. The Bertz CT molecular complexity index is 935. The molecule has 0 fully saturated rings. The second-order valence-electron chi connectivity index (χ2n) is 6.08. The van der Waals surface area contributed by atoms with Crippen LogP contribution in [0.25, 0.3) is 0 Å². The maximum Gasteiger partial charge on any atom is 0.270 e. The molecule has 3 rings (SSSR count). The molecule has 144 valence electrons. The monoisotopic (exact) mass is 396 g/mol. The van der Waals surface area contributed by atoms with E-state index in [0.29, 0.717) is 28.7 Å². The number of anilines is 2. The molecule has 0 unspecified atom stereocenters. The largest absolute Gasteiger partial charge is 0.495 e. The van der Waals surface area contributed by atoms with Crippen LogP contribution in [0.15, 0.2) is 60.8 Å². The van der Waals surface area contributed by atoms with Crippen LogP contribution in [0.4, 0.5) is 11.6 Å². The average Bonchev–Trinajstić information content (AvgIpc) is 2.72. The van der Waals surface area contributed by atoms with Gasteiger partial charge >= 0.3 is 0 Å². The molecule has 1 amide bonds. The molecule has 0 radical (unpaired) electrons. The molecule has 6 nitrogen and oxygen atoms in total. The van der Waals surface area contributed by atoms with Gasteiger partial charge in [0.15, 0.2) is 0 Å². The molecular formula is C21H21ClN4O2. The fourth-order valence-corrected chi connectivity index (χ4v) is 2.85. The summed E-state index contributed by atoms with van der Waals surface area (Å²) in [5.74, 6) is 0.651. The molecule has 0 bridgehead atoms. The standard InChI is InChI=1S/C21H21ClN4O2/c1-28-19-10-9-16(22)14-18(19)26-21-24-13-11-17(25-21)20(27)23-12-5-8-15-6-3-2-4-7-15/h2-4,6-7,9-11,13-14H,5,8,12H2,1H3,(H,23,27)(H,24,25,26). The van der Waals surface area contributed by atoms with E-state index < -0.39 is 0 Å². The highest BCUT2D eigenvalue weighted by molar-refractivity contribution is 6.31. The fourth-order valence-electron chi connectivity index (χ4n) is 2.67. The smallest absolute Gasteiger partial charge is 0.270 e. The number of aromatic nitrogens is 2. The molecule has 0 saturated carbocycles. The summed E-state index contributed by atoms with van der Waals surface area (Å²) in [6.07, 6.45) is 3.29. The van der Waals surface area contributed by atoms with E-state index >= 15 is 0 Å². The highest BCUT2D eigenvalue weighted by Crippen LogP contribution is 2.29. The molecule has 28 heavy (non-hydrogen) atoms. The van der Waals surface area contributed by atoms with Gasteiger partial charge in [0.25, 0.3) is 5.91 Å². The first-order chi connectivity index (χ1) is 13.7. The number of rotatable bonds is 8. The predicted molar refractivity (Wildman–Crippen MR) is 110 cm³/mol. The number of halogens is 1. The summed E-state index contributed by atoms with van der Waals surface area (Å²) in [4.78, 5) is 20.8. The summed E-state index contributed by atoms with van der Waals surface area (Å²) < 4.78 is 5.30. The van der Waals surface area contributed by atoms with Crippen LogP contribution >= 0.6 is 11.6 Å². The zero-order valence-corrected chi connectivity index (χ0v) is 16.2. The Hall–Kier alpha value is -3.12. The highest BCUT2D eigenvalue weighted by atomic mass is 35.5. The van der Waals surface area contributed by atoms with Gasteiger partial charge in [-0.05, 0) is 42.7 Å². The van der Waals surface area contributed by atoms with Crippen molar-refractivity contribution in [3.63, 3.8) is 0 Å². The molecule has 1 heterocycles. The lowest BCUT2D eigenvalue weighted by Crippen LogP contribution is -2.26. The van der Waals surface area contributed by atoms with E-state index in [9.17, 15) is 4.79 Å². The van der Waals surface area contributed by atoms with Gasteiger partial charge in [-0.25, -0.2) is 9.97 Å². The third kappa shape index (κ3) is 5.44. The predicted octanol–water partition coefficient (Wildman–Crippen LogP) is 4.24. The Labute approximate surface area is 168 Å². The first-order valence-electron chi connectivity index (χ1n) is 8.91. The first kappa shape index (κ1) is 19.6. The molecular weight excluding hydrogens is 376 g/mol. The van der Waals surface area contributed by atoms with Crippen LogP contribution in [0, 0.1) is 0 Å². The number of hydrogen-bond donors (Lipinski definition) is 2. The van der Waals surface area contributed by atoms with Crippen molar-refractivity contribution in [1.29, 1.82) is 0 Å². The maximum absolute atomic E-state index is 12.4. The van der Waals surface area contributed by atoms with Crippen LogP contribution in [0.5, 0.6) is 5.75 Å². The van der Waals surface area contributed by atoms with E-state index in [4.69, 9.17) is 16.3 Å². The minimum atomic E-state index is -0.239. The lowest BCUT2D eigenvalue weighted by molar-refractivity contribution is 0.0948. The Morgan fingerprint density at radius 1 is 1.14 bits per heavy atom. The van der Waals surface area contributed by atoms with E-state index in [2.05, 4.69) is 32.7 Å². The van der Waals surface area contributed by atoms with Crippen molar-refractivity contribution in [1.82, 2.24) is 15.3 Å². The Balaban J connectivity index is 1.58. The van der Waals surface area contributed by atoms with Crippen LogP contribution < -0.4 is 15.4 Å². The minimum absolute atomic E-state index is 0.239. The molecule has 0 aliphatic rings. The normalized spacial score (nSPS) is 10.4. The summed E-state index contributed by atoms with van der Waals surface area (Å²) in [6.45, 7) is 0.572. The van der Waals surface area contributed by atoms with Crippen LogP contribution in [0.2, 0.25) is 5.02 Å². The van der Waals surface area contributed by atoms with Crippen molar-refractivity contribution < 1.29 is 9.53 Å². The third-order valence-corrected chi connectivity index (χ3v) is 4.30. The van der Waals surface area contributed by atoms with Crippen LogP contribution in [0.1, 0.15) is 22.5 Å². The summed E-state index contributed by atoms with van der Waals surface area (Å²) in [5.41, 5.74) is 2.16. The van der Waals surface area contributed by atoms with Gasteiger partial charge in [0.05, 0.1) is 12.8 Å². The number of carbonyl (C=O) groups excluding carboxylic acids is 1. The summed E-state index contributed by atoms with van der Waals surface area (Å²) in [6, 6.07) is 16.9. The van der Waals surface area contributed by atoms with Crippen molar-refractivity contribution in [2.24, 2.45) is 0 Å². The molecule has 0 aliphatic carbocycles. The molecule has 2 aromatic carbocycles. The van der Waals surface area contributed by atoms with Crippen LogP contribution in [-0.4, -0.2) is 29.5 Å². The Morgan fingerprint density at radius 2 is 1.96 bits per heavy atom. The SMILES string of the molecule is COc1ccc(Cl)cc1Nc1nccc(C(=O)NCCCc2ccccc2)n1. The number of ether oxygens (including phenoxy) is 1. The van der Waals surface area contributed by atoms with Crippen molar-refractivity contribution in [3.8, 4) is 5.75 Å². The van der Waals surface area contributed by atoms with Gasteiger partial charge in [-0.2, -0.15) is 0 Å². The van der Waals surface area contributed by atoms with Gasteiger partial charge in [0.2, 0.25) is 5.95 Å². The lowest BCUT2D eigenvalue weighted by Gasteiger charge is -2.11. The first-order valence-corrected chi connectivity index (χ1v) is 9.29.